The van der Waals surface area contributed by atoms with Crippen LogP contribution in [0.15, 0.2) is 29.1 Å². The summed E-state index contributed by atoms with van der Waals surface area (Å²) in [7, 11) is 0. The van der Waals surface area contributed by atoms with E-state index in [1.807, 2.05) is 30.5 Å². The van der Waals surface area contributed by atoms with Crippen molar-refractivity contribution in [3.8, 4) is 5.75 Å². The Morgan fingerprint density at radius 3 is 2.94 bits per heavy atom. The molecule has 0 spiro atoms. The van der Waals surface area contributed by atoms with E-state index < -0.39 is 6.10 Å². The first-order valence-electron chi connectivity index (χ1n) is 5.45. The van der Waals surface area contributed by atoms with E-state index in [9.17, 15) is 5.11 Å². The number of ether oxygens (including phenoxy) is 1. The lowest BCUT2D eigenvalue weighted by molar-refractivity contribution is 0.190. The molecule has 0 aliphatic carbocycles. The summed E-state index contributed by atoms with van der Waals surface area (Å²) in [6, 6.07) is 5.81. The van der Waals surface area contributed by atoms with Crippen LogP contribution in [0.3, 0.4) is 0 Å². The van der Waals surface area contributed by atoms with Crippen molar-refractivity contribution in [3.63, 3.8) is 0 Å². The predicted molar refractivity (Wildman–Crippen MR) is 68.3 cm³/mol. The summed E-state index contributed by atoms with van der Waals surface area (Å²) in [5, 5.41) is 11.6. The second-order valence-corrected chi connectivity index (χ2v) is 4.70. The molecule has 4 heteroatoms. The molecule has 1 N–H and O–H groups in total. The van der Waals surface area contributed by atoms with E-state index in [1.165, 1.54) is 0 Å². The molecule has 1 aromatic heterocycles. The smallest absolute Gasteiger partial charge is 0.131 e. The van der Waals surface area contributed by atoms with Crippen molar-refractivity contribution in [3.05, 3.63) is 45.9 Å². The average Bonchev–Trinajstić information content (AvgIpc) is 2.78. The monoisotopic (exact) mass is 249 g/mol. The van der Waals surface area contributed by atoms with Crippen LogP contribution in [0.1, 0.15) is 29.8 Å². The molecule has 0 saturated heterocycles. The molecule has 0 aliphatic rings. The van der Waals surface area contributed by atoms with E-state index in [-0.39, 0.29) is 0 Å². The Balaban J connectivity index is 2.16. The molecule has 0 amide bonds. The number of hydrogen-bond acceptors (Lipinski definition) is 4. The Hall–Kier alpha value is -1.39. The summed E-state index contributed by atoms with van der Waals surface area (Å²) in [6.45, 7) is 4.18. The molecule has 1 aromatic carbocycles. The van der Waals surface area contributed by atoms with Crippen LogP contribution in [0.5, 0.6) is 5.75 Å². The second kappa shape index (κ2) is 5.29. The summed E-state index contributed by atoms with van der Waals surface area (Å²) in [4.78, 5) is 4.16. The second-order valence-electron chi connectivity index (χ2n) is 3.99. The highest BCUT2D eigenvalue weighted by atomic mass is 32.1. The summed E-state index contributed by atoms with van der Waals surface area (Å²) < 4.78 is 5.71. The van der Waals surface area contributed by atoms with E-state index in [2.05, 4.69) is 4.98 Å². The lowest BCUT2D eigenvalue weighted by Crippen LogP contribution is -2.01. The summed E-state index contributed by atoms with van der Waals surface area (Å²) in [6.07, 6.45) is -0.527. The predicted octanol–water partition coefficient (Wildman–Crippen LogP) is 3.08. The maximum absolute atomic E-state index is 9.66. The topological polar surface area (TPSA) is 42.4 Å². The number of thiazole rings is 1. The number of aliphatic hydroxyl groups is 1. The van der Waals surface area contributed by atoms with Crippen LogP contribution in [-0.4, -0.2) is 10.1 Å². The maximum atomic E-state index is 9.66. The lowest BCUT2D eigenvalue weighted by atomic mass is 10.1. The molecule has 1 heterocycles. The number of nitrogens with zero attached hydrogens (tertiary/aromatic N) is 1. The molecule has 0 fully saturated rings. The SMILES string of the molecule is Cc1ccc([C@@H](C)O)c(OCc2cscn2)c1. The van der Waals surface area contributed by atoms with E-state index in [4.69, 9.17) is 4.74 Å². The fourth-order valence-electron chi connectivity index (χ4n) is 1.57. The van der Waals surface area contributed by atoms with E-state index in [1.54, 1.807) is 23.8 Å². The van der Waals surface area contributed by atoms with Gasteiger partial charge in [-0.3, -0.25) is 0 Å². The first-order valence-corrected chi connectivity index (χ1v) is 6.39. The molecule has 0 bridgehead atoms. The Morgan fingerprint density at radius 2 is 2.29 bits per heavy atom. The molecule has 0 aliphatic heterocycles. The van der Waals surface area contributed by atoms with Crippen molar-refractivity contribution in [2.75, 3.05) is 0 Å². The van der Waals surface area contributed by atoms with Gasteiger partial charge in [-0.2, -0.15) is 0 Å². The van der Waals surface area contributed by atoms with Gasteiger partial charge in [-0.25, -0.2) is 4.98 Å². The molecule has 0 saturated carbocycles. The van der Waals surface area contributed by atoms with Gasteiger partial charge in [0.15, 0.2) is 0 Å². The first-order chi connectivity index (χ1) is 8.16. The van der Waals surface area contributed by atoms with Crippen LogP contribution in [0.4, 0.5) is 0 Å². The van der Waals surface area contributed by atoms with Gasteiger partial charge < -0.3 is 9.84 Å². The molecule has 2 aromatic rings. The molecule has 0 radical (unpaired) electrons. The third-order valence-corrected chi connectivity index (χ3v) is 3.11. The van der Waals surface area contributed by atoms with Gasteiger partial charge >= 0.3 is 0 Å². The highest BCUT2D eigenvalue weighted by molar-refractivity contribution is 7.07. The highest BCUT2D eigenvalue weighted by Crippen LogP contribution is 2.26. The fraction of sp³-hybridized carbons (Fsp3) is 0.308. The van der Waals surface area contributed by atoms with Crippen molar-refractivity contribution in [1.29, 1.82) is 0 Å². The number of rotatable bonds is 4. The minimum absolute atomic E-state index is 0.437. The number of benzene rings is 1. The standard InChI is InChI=1S/C13H15NO2S/c1-9-3-4-12(10(2)15)13(5-9)16-6-11-7-17-8-14-11/h3-5,7-8,10,15H,6H2,1-2H3/t10-/m1/s1. The van der Waals surface area contributed by atoms with E-state index in [0.717, 1.165) is 22.6 Å². The molecule has 17 heavy (non-hydrogen) atoms. The van der Waals surface area contributed by atoms with Crippen molar-refractivity contribution >= 4 is 11.3 Å². The molecule has 0 unspecified atom stereocenters. The number of hydrogen-bond donors (Lipinski definition) is 1. The Bertz CT molecular complexity index is 480. The minimum atomic E-state index is -0.527. The molecule has 3 nitrogen and oxygen atoms in total. The lowest BCUT2D eigenvalue weighted by Gasteiger charge is -2.13. The zero-order chi connectivity index (χ0) is 12.3. The Kier molecular flexibility index (Phi) is 3.76. The third-order valence-electron chi connectivity index (χ3n) is 2.48. The fourth-order valence-corrected chi connectivity index (χ4v) is 2.12. The third kappa shape index (κ3) is 3.05. The molecule has 1 atom stereocenters. The number of aliphatic hydroxyl groups excluding tert-OH is 1. The minimum Gasteiger partial charge on any atom is -0.487 e. The van der Waals surface area contributed by atoms with Gasteiger partial charge in [-0.1, -0.05) is 12.1 Å². The number of aryl methyl sites for hydroxylation is 1. The highest BCUT2D eigenvalue weighted by Gasteiger charge is 2.09. The van der Waals surface area contributed by atoms with Gasteiger partial charge in [0.1, 0.15) is 12.4 Å². The molecule has 2 rings (SSSR count). The van der Waals surface area contributed by atoms with Gasteiger partial charge in [0.25, 0.3) is 0 Å². The summed E-state index contributed by atoms with van der Waals surface area (Å²) in [5.74, 6) is 0.730. The van der Waals surface area contributed by atoms with Gasteiger partial charge in [-0.15, -0.1) is 11.3 Å². The van der Waals surface area contributed by atoms with Crippen molar-refractivity contribution in [2.45, 2.75) is 26.6 Å². The van der Waals surface area contributed by atoms with E-state index >= 15 is 0 Å². The Labute approximate surface area is 105 Å². The van der Waals surface area contributed by atoms with Gasteiger partial charge in [0, 0.05) is 10.9 Å². The maximum Gasteiger partial charge on any atom is 0.131 e. The largest absolute Gasteiger partial charge is 0.487 e. The summed E-state index contributed by atoms with van der Waals surface area (Å²) >= 11 is 1.55. The molecular weight excluding hydrogens is 234 g/mol. The van der Waals surface area contributed by atoms with Crippen molar-refractivity contribution in [1.82, 2.24) is 4.98 Å². The zero-order valence-corrected chi connectivity index (χ0v) is 10.7. The summed E-state index contributed by atoms with van der Waals surface area (Å²) in [5.41, 5.74) is 4.62. The van der Waals surface area contributed by atoms with Crippen LogP contribution in [0, 0.1) is 6.92 Å². The quantitative estimate of drug-likeness (QED) is 0.905. The van der Waals surface area contributed by atoms with E-state index in [0.29, 0.717) is 6.61 Å². The van der Waals surface area contributed by atoms with Crippen LogP contribution >= 0.6 is 11.3 Å². The van der Waals surface area contributed by atoms with Gasteiger partial charge in [0.05, 0.1) is 17.3 Å². The molecule has 90 valence electrons. The zero-order valence-electron chi connectivity index (χ0n) is 9.88. The van der Waals surface area contributed by atoms with Crippen molar-refractivity contribution < 1.29 is 9.84 Å². The normalized spacial score (nSPS) is 12.4. The van der Waals surface area contributed by atoms with Crippen LogP contribution < -0.4 is 4.74 Å². The van der Waals surface area contributed by atoms with Crippen LogP contribution in [0.2, 0.25) is 0 Å². The van der Waals surface area contributed by atoms with Gasteiger partial charge in [0.2, 0.25) is 0 Å². The number of aromatic nitrogens is 1. The Morgan fingerprint density at radius 1 is 1.47 bits per heavy atom. The van der Waals surface area contributed by atoms with Crippen LogP contribution in [0.25, 0.3) is 0 Å². The first kappa shape index (κ1) is 12.1. The average molecular weight is 249 g/mol. The van der Waals surface area contributed by atoms with Crippen LogP contribution in [-0.2, 0) is 6.61 Å². The van der Waals surface area contributed by atoms with Gasteiger partial charge in [-0.05, 0) is 25.5 Å². The molecular formula is C13H15NO2S. The van der Waals surface area contributed by atoms with Crippen molar-refractivity contribution in [2.24, 2.45) is 0 Å².